The summed E-state index contributed by atoms with van der Waals surface area (Å²) in [5.41, 5.74) is 1.31. The third-order valence-corrected chi connectivity index (χ3v) is 4.78. The predicted octanol–water partition coefficient (Wildman–Crippen LogP) is 3.51. The first kappa shape index (κ1) is 17.2. The van der Waals surface area contributed by atoms with E-state index in [4.69, 9.17) is 5.26 Å². The second kappa shape index (κ2) is 7.50. The van der Waals surface area contributed by atoms with Crippen LogP contribution in [0.4, 0.5) is 0 Å². The second-order valence-corrected chi connectivity index (χ2v) is 6.77. The van der Waals surface area contributed by atoms with Gasteiger partial charge in [-0.2, -0.15) is 5.26 Å². The zero-order valence-corrected chi connectivity index (χ0v) is 14.2. The number of nitrogens with zero attached hydrogens (tertiary/aromatic N) is 2. The van der Waals surface area contributed by atoms with E-state index in [1.54, 1.807) is 29.2 Å². The van der Waals surface area contributed by atoms with Crippen LogP contribution in [0.3, 0.4) is 0 Å². The standard InChI is InChI=1S/C21H22N2O2/c22-14-17-8-10-19(11-9-17)20(24)23(15-18-6-2-1-3-7-18)16-21(25)12-4-5-13-21/h1-3,6-11,25H,4-5,12-13,15-16H2. The molecule has 0 aliphatic heterocycles. The molecule has 4 nitrogen and oxygen atoms in total. The number of aliphatic hydroxyl groups is 1. The van der Waals surface area contributed by atoms with Gasteiger partial charge in [-0.25, -0.2) is 0 Å². The molecule has 0 atom stereocenters. The van der Waals surface area contributed by atoms with Crippen LogP contribution in [0.2, 0.25) is 0 Å². The van der Waals surface area contributed by atoms with Crippen LogP contribution >= 0.6 is 0 Å². The summed E-state index contributed by atoms with van der Waals surface area (Å²) < 4.78 is 0. The normalized spacial score (nSPS) is 15.5. The Morgan fingerprint density at radius 2 is 1.72 bits per heavy atom. The van der Waals surface area contributed by atoms with Crippen LogP contribution in [0.1, 0.15) is 47.2 Å². The molecule has 4 heteroatoms. The van der Waals surface area contributed by atoms with Crippen molar-refractivity contribution >= 4 is 5.91 Å². The number of nitriles is 1. The van der Waals surface area contributed by atoms with Crippen molar-refractivity contribution in [3.05, 3.63) is 71.3 Å². The van der Waals surface area contributed by atoms with Gasteiger partial charge >= 0.3 is 0 Å². The predicted molar refractivity (Wildman–Crippen MR) is 95.8 cm³/mol. The van der Waals surface area contributed by atoms with Crippen LogP contribution in [0.5, 0.6) is 0 Å². The Labute approximate surface area is 148 Å². The van der Waals surface area contributed by atoms with E-state index in [1.807, 2.05) is 30.3 Å². The number of hydrogen-bond donors (Lipinski definition) is 1. The van der Waals surface area contributed by atoms with E-state index >= 15 is 0 Å². The summed E-state index contributed by atoms with van der Waals surface area (Å²) in [6, 6.07) is 18.5. The molecule has 1 amide bonds. The van der Waals surface area contributed by atoms with Crippen LogP contribution < -0.4 is 0 Å². The number of carbonyl (C=O) groups is 1. The molecular weight excluding hydrogens is 312 g/mol. The molecule has 0 saturated heterocycles. The minimum Gasteiger partial charge on any atom is -0.388 e. The minimum absolute atomic E-state index is 0.117. The van der Waals surface area contributed by atoms with Gasteiger partial charge in [-0.3, -0.25) is 4.79 Å². The lowest BCUT2D eigenvalue weighted by Gasteiger charge is -2.31. The quantitative estimate of drug-likeness (QED) is 0.910. The van der Waals surface area contributed by atoms with E-state index in [1.165, 1.54) is 0 Å². The Kier molecular flexibility index (Phi) is 5.16. The molecule has 1 aliphatic carbocycles. The number of rotatable bonds is 5. The molecule has 1 N–H and O–H groups in total. The van der Waals surface area contributed by atoms with Gasteiger partial charge in [0.25, 0.3) is 5.91 Å². The van der Waals surface area contributed by atoms with Gasteiger partial charge in [0.2, 0.25) is 0 Å². The maximum atomic E-state index is 13.0. The highest BCUT2D eigenvalue weighted by Crippen LogP contribution is 2.31. The molecule has 128 valence electrons. The van der Waals surface area contributed by atoms with Crippen molar-refractivity contribution in [1.82, 2.24) is 4.90 Å². The first-order chi connectivity index (χ1) is 12.1. The van der Waals surface area contributed by atoms with Gasteiger partial charge in [0.1, 0.15) is 0 Å². The summed E-state index contributed by atoms with van der Waals surface area (Å²) >= 11 is 0. The van der Waals surface area contributed by atoms with E-state index in [-0.39, 0.29) is 5.91 Å². The van der Waals surface area contributed by atoms with Gasteiger partial charge in [0.05, 0.1) is 23.8 Å². The van der Waals surface area contributed by atoms with Crippen molar-refractivity contribution in [3.8, 4) is 6.07 Å². The molecule has 0 heterocycles. The number of amides is 1. The maximum Gasteiger partial charge on any atom is 0.254 e. The molecular formula is C21H22N2O2. The molecule has 0 unspecified atom stereocenters. The first-order valence-electron chi connectivity index (χ1n) is 8.65. The van der Waals surface area contributed by atoms with Gasteiger partial charge in [-0.15, -0.1) is 0 Å². The average Bonchev–Trinajstić information content (AvgIpc) is 3.08. The van der Waals surface area contributed by atoms with Crippen LogP contribution in [0.15, 0.2) is 54.6 Å². The summed E-state index contributed by atoms with van der Waals surface area (Å²) in [6.45, 7) is 0.794. The lowest BCUT2D eigenvalue weighted by atomic mass is 10.0. The van der Waals surface area contributed by atoms with Crippen molar-refractivity contribution < 1.29 is 9.90 Å². The van der Waals surface area contributed by atoms with Crippen LogP contribution in [-0.4, -0.2) is 28.1 Å². The highest BCUT2D eigenvalue weighted by atomic mass is 16.3. The fourth-order valence-corrected chi connectivity index (χ4v) is 3.42. The lowest BCUT2D eigenvalue weighted by Crippen LogP contribution is -2.43. The topological polar surface area (TPSA) is 64.3 Å². The Balaban J connectivity index is 1.83. The summed E-state index contributed by atoms with van der Waals surface area (Å²) in [6.07, 6.45) is 3.47. The van der Waals surface area contributed by atoms with Crippen molar-refractivity contribution in [3.63, 3.8) is 0 Å². The van der Waals surface area contributed by atoms with Gasteiger partial charge in [-0.1, -0.05) is 43.2 Å². The molecule has 0 aromatic heterocycles. The van der Waals surface area contributed by atoms with Crippen LogP contribution in [0.25, 0.3) is 0 Å². The summed E-state index contributed by atoms with van der Waals surface area (Å²) in [4.78, 5) is 14.7. The van der Waals surface area contributed by atoms with E-state index in [0.29, 0.717) is 24.2 Å². The SMILES string of the molecule is N#Cc1ccc(C(=O)N(Cc2ccccc2)CC2(O)CCCC2)cc1. The molecule has 2 aromatic carbocycles. The van der Waals surface area contributed by atoms with Crippen molar-refractivity contribution in [2.24, 2.45) is 0 Å². The maximum absolute atomic E-state index is 13.0. The molecule has 3 rings (SSSR count). The number of benzene rings is 2. The molecule has 0 spiro atoms. The summed E-state index contributed by atoms with van der Waals surface area (Å²) in [5, 5.41) is 19.7. The van der Waals surface area contributed by atoms with Gasteiger partial charge in [0, 0.05) is 12.1 Å². The van der Waals surface area contributed by atoms with Crippen molar-refractivity contribution in [1.29, 1.82) is 5.26 Å². The lowest BCUT2D eigenvalue weighted by molar-refractivity contribution is 0.00786. The van der Waals surface area contributed by atoms with Gasteiger partial charge in [-0.05, 0) is 42.7 Å². The molecule has 2 aromatic rings. The Bertz CT molecular complexity index is 757. The summed E-state index contributed by atoms with van der Waals surface area (Å²) in [5.74, 6) is -0.117. The zero-order valence-electron chi connectivity index (χ0n) is 14.2. The third kappa shape index (κ3) is 4.26. The minimum atomic E-state index is -0.795. The second-order valence-electron chi connectivity index (χ2n) is 6.77. The smallest absolute Gasteiger partial charge is 0.254 e. The zero-order chi connectivity index (χ0) is 17.7. The van der Waals surface area contributed by atoms with Crippen molar-refractivity contribution in [2.75, 3.05) is 6.54 Å². The highest BCUT2D eigenvalue weighted by Gasteiger charge is 2.34. The third-order valence-electron chi connectivity index (χ3n) is 4.78. The molecule has 0 bridgehead atoms. The average molecular weight is 334 g/mol. The number of hydrogen-bond acceptors (Lipinski definition) is 3. The molecule has 1 saturated carbocycles. The molecule has 25 heavy (non-hydrogen) atoms. The van der Waals surface area contributed by atoms with Crippen LogP contribution in [0, 0.1) is 11.3 Å². The fourth-order valence-electron chi connectivity index (χ4n) is 3.42. The van der Waals surface area contributed by atoms with E-state index in [2.05, 4.69) is 6.07 Å². The first-order valence-corrected chi connectivity index (χ1v) is 8.65. The van der Waals surface area contributed by atoms with Crippen LogP contribution in [-0.2, 0) is 6.54 Å². The Hall–Kier alpha value is -2.64. The number of carbonyl (C=O) groups excluding carboxylic acids is 1. The van der Waals surface area contributed by atoms with E-state index in [0.717, 1.165) is 31.2 Å². The molecule has 1 fully saturated rings. The monoisotopic (exact) mass is 334 g/mol. The largest absolute Gasteiger partial charge is 0.388 e. The van der Waals surface area contributed by atoms with Crippen molar-refractivity contribution in [2.45, 2.75) is 37.8 Å². The fraction of sp³-hybridized carbons (Fsp3) is 0.333. The van der Waals surface area contributed by atoms with Gasteiger partial charge in [0.15, 0.2) is 0 Å². The summed E-state index contributed by atoms with van der Waals surface area (Å²) in [7, 11) is 0. The Morgan fingerprint density at radius 1 is 1.08 bits per heavy atom. The van der Waals surface area contributed by atoms with E-state index < -0.39 is 5.60 Å². The Morgan fingerprint density at radius 3 is 2.32 bits per heavy atom. The van der Waals surface area contributed by atoms with E-state index in [9.17, 15) is 9.90 Å². The highest BCUT2D eigenvalue weighted by molar-refractivity contribution is 5.94. The van der Waals surface area contributed by atoms with Gasteiger partial charge < -0.3 is 10.0 Å². The molecule has 0 radical (unpaired) electrons. The molecule has 1 aliphatic rings.